The molecule has 22 heavy (non-hydrogen) atoms. The van der Waals surface area contributed by atoms with Crippen molar-refractivity contribution >= 4 is 23.8 Å². The summed E-state index contributed by atoms with van der Waals surface area (Å²) in [6.07, 6.45) is 8.14. The van der Waals surface area contributed by atoms with Crippen LogP contribution in [0.5, 0.6) is 0 Å². The summed E-state index contributed by atoms with van der Waals surface area (Å²) in [4.78, 5) is 18.6. The number of rotatable bonds is 4. The van der Waals surface area contributed by atoms with Gasteiger partial charge in [-0.3, -0.25) is 4.99 Å². The van der Waals surface area contributed by atoms with Crippen LogP contribution < -0.4 is 5.32 Å². The van der Waals surface area contributed by atoms with Crippen LogP contribution in [-0.4, -0.2) is 34.2 Å². The van der Waals surface area contributed by atoms with E-state index in [1.165, 1.54) is 5.01 Å². The maximum atomic E-state index is 12.5. The number of amides is 2. The number of fused-ring (bicyclic) bond motifs is 1. The Morgan fingerprint density at radius 2 is 2.14 bits per heavy atom. The van der Waals surface area contributed by atoms with E-state index in [4.69, 9.17) is 0 Å². The second-order valence-electron chi connectivity index (χ2n) is 5.21. The molecule has 0 aromatic heterocycles. The third kappa shape index (κ3) is 2.86. The molecule has 0 spiro atoms. The fourth-order valence-electron chi connectivity index (χ4n) is 2.52. The Bertz CT molecular complexity index is 623. The summed E-state index contributed by atoms with van der Waals surface area (Å²) in [5.74, 6) is 0.701. The van der Waals surface area contributed by atoms with Crippen LogP contribution in [-0.2, 0) is 0 Å². The largest absolute Gasteiger partial charge is 0.344 e. The first-order valence-corrected chi connectivity index (χ1v) is 7.51. The van der Waals surface area contributed by atoms with Crippen LogP contribution in [0.25, 0.3) is 0 Å². The van der Waals surface area contributed by atoms with Crippen molar-refractivity contribution in [1.82, 2.24) is 9.91 Å². The number of nitrogens with zero attached hydrogens (tertiary/aromatic N) is 4. The molecule has 2 aliphatic heterocycles. The van der Waals surface area contributed by atoms with Crippen molar-refractivity contribution < 1.29 is 4.79 Å². The van der Waals surface area contributed by atoms with Crippen molar-refractivity contribution in [2.45, 2.75) is 32.4 Å². The first-order valence-electron chi connectivity index (χ1n) is 7.51. The number of unbranched alkanes of at least 4 members (excludes halogenated alkanes) is 1. The van der Waals surface area contributed by atoms with Gasteiger partial charge in [-0.15, -0.1) is 5.10 Å². The van der Waals surface area contributed by atoms with Crippen molar-refractivity contribution in [3.8, 4) is 0 Å². The Morgan fingerprint density at radius 1 is 1.32 bits per heavy atom. The average Bonchev–Trinajstić information content (AvgIpc) is 2.92. The Morgan fingerprint density at radius 3 is 2.91 bits per heavy atom. The molecular weight excluding hydrogens is 278 g/mol. The molecular formula is C16H19N5O. The number of aliphatic imine (C=N–C) groups is 1. The molecule has 2 aliphatic rings. The zero-order valence-electron chi connectivity index (χ0n) is 12.5. The highest BCUT2D eigenvalue weighted by molar-refractivity contribution is 6.31. The average molecular weight is 297 g/mol. The van der Waals surface area contributed by atoms with Gasteiger partial charge >= 0.3 is 6.03 Å². The van der Waals surface area contributed by atoms with Crippen LogP contribution >= 0.6 is 0 Å². The first-order chi connectivity index (χ1) is 10.8. The number of carbonyl (C=O) groups is 1. The lowest BCUT2D eigenvalue weighted by atomic mass is 10.2. The molecule has 0 saturated carbocycles. The van der Waals surface area contributed by atoms with E-state index in [0.717, 1.165) is 24.9 Å². The third-order valence-corrected chi connectivity index (χ3v) is 3.63. The van der Waals surface area contributed by atoms with Crippen molar-refractivity contribution in [2.75, 3.05) is 5.32 Å². The monoisotopic (exact) mass is 297 g/mol. The second-order valence-corrected chi connectivity index (χ2v) is 5.21. The fraction of sp³-hybridized carbons (Fsp3) is 0.312. The van der Waals surface area contributed by atoms with Gasteiger partial charge in [0.2, 0.25) is 0 Å². The van der Waals surface area contributed by atoms with Crippen molar-refractivity contribution in [3.05, 3.63) is 42.7 Å². The van der Waals surface area contributed by atoms with Crippen LogP contribution in [0.1, 0.15) is 26.2 Å². The van der Waals surface area contributed by atoms with Gasteiger partial charge in [-0.2, -0.15) is 5.01 Å². The Kier molecular flexibility index (Phi) is 4.18. The molecule has 0 radical (unpaired) electrons. The molecule has 0 aliphatic carbocycles. The molecule has 0 fully saturated rings. The zero-order valence-corrected chi connectivity index (χ0v) is 12.5. The number of amidine groups is 1. The number of urea groups is 1. The molecule has 114 valence electrons. The minimum absolute atomic E-state index is 0.0957. The molecule has 2 amide bonds. The number of nitrogens with one attached hydrogen (secondary N) is 1. The number of hydrazone groups is 1. The molecule has 2 heterocycles. The Hall–Kier alpha value is -2.63. The lowest BCUT2D eigenvalue weighted by Crippen LogP contribution is -2.43. The van der Waals surface area contributed by atoms with E-state index in [1.54, 1.807) is 12.4 Å². The van der Waals surface area contributed by atoms with E-state index in [2.05, 4.69) is 22.3 Å². The maximum absolute atomic E-state index is 12.5. The highest BCUT2D eigenvalue weighted by Gasteiger charge is 2.36. The van der Waals surface area contributed by atoms with Crippen LogP contribution in [0.2, 0.25) is 0 Å². The van der Waals surface area contributed by atoms with Gasteiger partial charge in [0, 0.05) is 18.1 Å². The highest BCUT2D eigenvalue weighted by atomic mass is 16.2. The topological polar surface area (TPSA) is 60.3 Å². The predicted octanol–water partition coefficient (Wildman–Crippen LogP) is 3.22. The SMILES string of the molecule is CCCCC1N2C=CN=CC2=NN1C(=O)Nc1ccccc1. The van der Waals surface area contributed by atoms with E-state index in [0.29, 0.717) is 5.84 Å². The molecule has 3 rings (SSSR count). The lowest BCUT2D eigenvalue weighted by Gasteiger charge is -2.28. The van der Waals surface area contributed by atoms with E-state index in [9.17, 15) is 4.79 Å². The molecule has 6 nitrogen and oxygen atoms in total. The highest BCUT2D eigenvalue weighted by Crippen LogP contribution is 2.24. The van der Waals surface area contributed by atoms with Crippen LogP contribution in [0.4, 0.5) is 10.5 Å². The zero-order chi connectivity index (χ0) is 15.4. The Labute approximate surface area is 129 Å². The van der Waals surface area contributed by atoms with Gasteiger partial charge in [0.15, 0.2) is 5.84 Å². The van der Waals surface area contributed by atoms with Crippen molar-refractivity contribution in [1.29, 1.82) is 0 Å². The molecule has 1 aromatic rings. The van der Waals surface area contributed by atoms with Gasteiger partial charge < -0.3 is 10.2 Å². The number of hydrogen-bond acceptors (Lipinski definition) is 4. The van der Waals surface area contributed by atoms with Gasteiger partial charge in [-0.25, -0.2) is 4.79 Å². The summed E-state index contributed by atoms with van der Waals surface area (Å²) < 4.78 is 0. The molecule has 6 heteroatoms. The summed E-state index contributed by atoms with van der Waals surface area (Å²) in [5.41, 5.74) is 0.760. The number of hydrogen-bond donors (Lipinski definition) is 1. The minimum Gasteiger partial charge on any atom is -0.306 e. The van der Waals surface area contributed by atoms with Gasteiger partial charge in [0.05, 0.1) is 6.21 Å². The van der Waals surface area contributed by atoms with Crippen molar-refractivity contribution in [3.63, 3.8) is 0 Å². The standard InChI is InChI=1S/C16H19N5O/c1-2-3-9-15-20-11-10-17-12-14(20)19-21(15)16(22)18-13-7-5-4-6-8-13/h4-8,10-12,15H,2-3,9H2,1H3,(H,18,22). The number of benzene rings is 1. The summed E-state index contributed by atoms with van der Waals surface area (Å²) in [7, 11) is 0. The number of carbonyl (C=O) groups excluding carboxylic acids is 1. The van der Waals surface area contributed by atoms with Crippen molar-refractivity contribution in [2.24, 2.45) is 10.1 Å². The summed E-state index contributed by atoms with van der Waals surface area (Å²) in [5, 5.41) is 8.80. The smallest absolute Gasteiger partial charge is 0.306 e. The number of anilines is 1. The summed E-state index contributed by atoms with van der Waals surface area (Å²) in [6, 6.07) is 9.18. The van der Waals surface area contributed by atoms with E-state index < -0.39 is 0 Å². The quantitative estimate of drug-likeness (QED) is 0.927. The molecule has 1 N–H and O–H groups in total. The first kappa shape index (κ1) is 14.3. The van der Waals surface area contributed by atoms with Crippen LogP contribution in [0.3, 0.4) is 0 Å². The lowest BCUT2D eigenvalue weighted by molar-refractivity contribution is 0.160. The molecule has 0 bridgehead atoms. The van der Waals surface area contributed by atoms with Crippen LogP contribution in [0, 0.1) is 0 Å². The van der Waals surface area contributed by atoms with Gasteiger partial charge in [0.1, 0.15) is 6.17 Å². The fourth-order valence-corrected chi connectivity index (χ4v) is 2.52. The van der Waals surface area contributed by atoms with Gasteiger partial charge in [0.25, 0.3) is 0 Å². The number of para-hydroxylation sites is 1. The molecule has 0 saturated heterocycles. The minimum atomic E-state index is -0.226. The predicted molar refractivity (Wildman–Crippen MR) is 87.5 cm³/mol. The van der Waals surface area contributed by atoms with E-state index in [1.807, 2.05) is 41.4 Å². The van der Waals surface area contributed by atoms with Gasteiger partial charge in [-0.05, 0) is 25.0 Å². The molecule has 1 aromatic carbocycles. The Balaban J connectivity index is 1.77. The van der Waals surface area contributed by atoms with Gasteiger partial charge in [-0.1, -0.05) is 31.5 Å². The molecule has 1 unspecified atom stereocenters. The third-order valence-electron chi connectivity index (χ3n) is 3.63. The molecule has 1 atom stereocenters. The maximum Gasteiger partial charge on any atom is 0.344 e. The normalized spacial score (nSPS) is 19.1. The summed E-state index contributed by atoms with van der Waals surface area (Å²) in [6.45, 7) is 2.14. The van der Waals surface area contributed by atoms with E-state index in [-0.39, 0.29) is 12.2 Å². The van der Waals surface area contributed by atoms with E-state index >= 15 is 0 Å². The van der Waals surface area contributed by atoms with Crippen LogP contribution in [0.15, 0.2) is 52.8 Å². The summed E-state index contributed by atoms with van der Waals surface area (Å²) >= 11 is 0. The second kappa shape index (κ2) is 6.43.